The fraction of sp³-hybridized carbons (Fsp3) is 0.360. The molecule has 158 valence electrons. The van der Waals surface area contributed by atoms with E-state index in [2.05, 4.69) is 48.4 Å². The molecule has 4 nitrogen and oxygen atoms in total. The number of nitrogens with zero attached hydrogens (tertiary/aromatic N) is 2. The second-order valence-electron chi connectivity index (χ2n) is 8.36. The molecule has 0 radical (unpaired) electrons. The van der Waals surface area contributed by atoms with E-state index in [1.54, 1.807) is 23.5 Å². The van der Waals surface area contributed by atoms with Gasteiger partial charge in [-0.2, -0.15) is 0 Å². The molecule has 0 aliphatic heterocycles. The zero-order chi connectivity index (χ0) is 21.1. The van der Waals surface area contributed by atoms with Gasteiger partial charge in [0.1, 0.15) is 0 Å². The molecule has 3 aromatic rings. The van der Waals surface area contributed by atoms with E-state index in [0.717, 1.165) is 34.8 Å². The Morgan fingerprint density at radius 1 is 1.19 bits per heavy atom. The van der Waals surface area contributed by atoms with Crippen LogP contribution < -0.4 is 34.5 Å². The summed E-state index contributed by atoms with van der Waals surface area (Å²) < 4.78 is 0. The molecular formula is C25H29N2NaO2S. The fourth-order valence-corrected chi connectivity index (χ4v) is 5.04. The van der Waals surface area contributed by atoms with E-state index in [1.165, 1.54) is 18.4 Å². The fourth-order valence-electron chi connectivity index (χ4n) is 4.14. The van der Waals surface area contributed by atoms with Gasteiger partial charge in [0.25, 0.3) is 0 Å². The summed E-state index contributed by atoms with van der Waals surface area (Å²) in [4.78, 5) is 18.7. The van der Waals surface area contributed by atoms with Crippen LogP contribution in [0.2, 0.25) is 0 Å². The molecule has 0 atom stereocenters. The van der Waals surface area contributed by atoms with Gasteiger partial charge in [0.15, 0.2) is 5.13 Å². The zero-order valence-corrected chi connectivity index (χ0v) is 21.4. The minimum atomic E-state index is -0.884. The van der Waals surface area contributed by atoms with Crippen LogP contribution in [0.25, 0.3) is 11.3 Å². The van der Waals surface area contributed by atoms with Gasteiger partial charge >= 0.3 is 35.5 Å². The number of carboxylic acid groups (broad SMARTS) is 1. The zero-order valence-electron chi connectivity index (χ0n) is 19.5. The molecule has 1 heterocycles. The number of thiazole rings is 1. The first kappa shape index (κ1) is 24.0. The van der Waals surface area contributed by atoms with E-state index >= 15 is 0 Å². The molecule has 0 amide bonds. The topological polar surface area (TPSA) is 53.4 Å². The summed E-state index contributed by atoms with van der Waals surface area (Å²) in [6.07, 6.45) is 4.81. The summed E-state index contributed by atoms with van der Waals surface area (Å²) in [5.74, 6) is -0.366. The molecule has 0 saturated heterocycles. The summed E-state index contributed by atoms with van der Waals surface area (Å²) in [5.41, 5.74) is 4.83. The summed E-state index contributed by atoms with van der Waals surface area (Å²) in [6.45, 7) is 5.09. The Morgan fingerprint density at radius 3 is 2.55 bits per heavy atom. The maximum Gasteiger partial charge on any atom is 1.00 e. The van der Waals surface area contributed by atoms with Crippen molar-refractivity contribution in [1.29, 1.82) is 0 Å². The van der Waals surface area contributed by atoms with E-state index in [0.29, 0.717) is 24.1 Å². The number of carboxylic acids is 1. The number of hydrogen-bond donors (Lipinski definition) is 1. The van der Waals surface area contributed by atoms with Crippen molar-refractivity contribution in [2.24, 2.45) is 0 Å². The molecule has 1 aliphatic rings. The third-order valence-electron chi connectivity index (χ3n) is 5.90. The molecule has 0 bridgehead atoms. The second kappa shape index (κ2) is 10.8. The Labute approximate surface area is 212 Å². The van der Waals surface area contributed by atoms with Crippen LogP contribution in [0, 0.1) is 0 Å². The first-order chi connectivity index (χ1) is 14.5. The van der Waals surface area contributed by atoms with Crippen molar-refractivity contribution in [3.8, 4) is 11.3 Å². The molecule has 4 rings (SSSR count). The Hall–Kier alpha value is -1.66. The van der Waals surface area contributed by atoms with Crippen molar-refractivity contribution in [3.63, 3.8) is 0 Å². The smallest absolute Gasteiger partial charge is 1.00 e. The van der Waals surface area contributed by atoms with Crippen molar-refractivity contribution >= 4 is 22.4 Å². The minimum absolute atomic E-state index is 0. The van der Waals surface area contributed by atoms with Gasteiger partial charge in [-0.05, 0) is 42.0 Å². The van der Waals surface area contributed by atoms with E-state index in [9.17, 15) is 9.90 Å². The minimum Gasteiger partial charge on any atom is -1.00 e. The molecule has 0 spiro atoms. The molecule has 31 heavy (non-hydrogen) atoms. The number of aromatic nitrogens is 1. The summed E-state index contributed by atoms with van der Waals surface area (Å²) in [6, 6.07) is 16.4. The third kappa shape index (κ3) is 5.78. The molecule has 0 unspecified atom stereocenters. The van der Waals surface area contributed by atoms with Gasteiger partial charge in [-0.15, -0.1) is 11.3 Å². The molecular weight excluding hydrogens is 415 g/mol. The van der Waals surface area contributed by atoms with Crippen LogP contribution in [-0.2, 0) is 6.54 Å². The number of benzene rings is 2. The van der Waals surface area contributed by atoms with E-state index in [4.69, 9.17) is 4.98 Å². The number of aromatic carboxylic acids is 1. The molecule has 6 heteroatoms. The third-order valence-corrected chi connectivity index (χ3v) is 6.78. The monoisotopic (exact) mass is 444 g/mol. The van der Waals surface area contributed by atoms with E-state index in [-0.39, 0.29) is 31.0 Å². The average molecular weight is 445 g/mol. The standard InChI is InChI=1S/C25H28N2O2S.Na.H/c1-17(2)19-10-12-20(13-11-19)23-16-30-25(26-23)27(22-8-3-4-9-22)15-18-6-5-7-21(14-18)24(28)29;;/h5-7,10-14,16-17,22H,3-4,8-9,15H2,1-2H3,(H,28,29);;/q;+1;-1. The van der Waals surface area contributed by atoms with E-state index < -0.39 is 5.97 Å². The summed E-state index contributed by atoms with van der Waals surface area (Å²) >= 11 is 1.68. The van der Waals surface area contributed by atoms with Gasteiger partial charge in [0.05, 0.1) is 11.3 Å². The largest absolute Gasteiger partial charge is 1.00 e. The van der Waals surface area contributed by atoms with Gasteiger partial charge in [0.2, 0.25) is 0 Å². The molecule has 1 fully saturated rings. The molecule has 1 N–H and O–H groups in total. The van der Waals surface area contributed by atoms with Crippen molar-refractivity contribution < 1.29 is 40.9 Å². The molecule has 1 aromatic heterocycles. The van der Waals surface area contributed by atoms with Crippen LogP contribution >= 0.6 is 11.3 Å². The van der Waals surface area contributed by atoms with Crippen molar-refractivity contribution in [2.45, 2.75) is 58.0 Å². The number of hydrogen-bond acceptors (Lipinski definition) is 4. The number of carbonyl (C=O) groups is 1. The summed E-state index contributed by atoms with van der Waals surface area (Å²) in [7, 11) is 0. The van der Waals surface area contributed by atoms with Gasteiger partial charge in [0, 0.05) is 23.5 Å². The molecule has 2 aromatic carbocycles. The van der Waals surface area contributed by atoms with Gasteiger partial charge in [-0.1, -0.05) is 63.1 Å². The van der Waals surface area contributed by atoms with Crippen LogP contribution in [0.4, 0.5) is 5.13 Å². The van der Waals surface area contributed by atoms with Gasteiger partial charge in [-0.25, -0.2) is 9.78 Å². The Bertz CT molecular complexity index is 1020. The van der Waals surface area contributed by atoms with Crippen LogP contribution in [0.15, 0.2) is 53.9 Å². The van der Waals surface area contributed by atoms with Crippen molar-refractivity contribution in [3.05, 3.63) is 70.6 Å². The number of anilines is 1. The van der Waals surface area contributed by atoms with Crippen molar-refractivity contribution in [1.82, 2.24) is 4.98 Å². The normalized spacial score (nSPS) is 13.9. The average Bonchev–Trinajstić information content (AvgIpc) is 3.45. The SMILES string of the molecule is CC(C)c1ccc(-c2csc(N(Cc3cccc(C(=O)O)c3)C3CCCC3)n2)cc1.[H-].[Na+]. The maximum atomic E-state index is 11.4. The van der Waals surface area contributed by atoms with Crippen molar-refractivity contribution in [2.75, 3.05) is 4.90 Å². The first-order valence-corrected chi connectivity index (χ1v) is 11.5. The van der Waals surface area contributed by atoms with E-state index in [1.807, 2.05) is 12.1 Å². The number of rotatable bonds is 7. The summed E-state index contributed by atoms with van der Waals surface area (Å²) in [5, 5.41) is 12.5. The van der Waals surface area contributed by atoms with Gasteiger partial charge < -0.3 is 11.4 Å². The maximum absolute atomic E-state index is 11.4. The van der Waals surface area contributed by atoms with Crippen LogP contribution in [-0.4, -0.2) is 22.1 Å². The molecule has 1 aliphatic carbocycles. The Morgan fingerprint density at radius 2 is 1.90 bits per heavy atom. The Balaban J connectivity index is 0.00000181. The first-order valence-electron chi connectivity index (χ1n) is 10.7. The van der Waals surface area contributed by atoms with Crippen LogP contribution in [0.3, 0.4) is 0 Å². The predicted molar refractivity (Wildman–Crippen MR) is 125 cm³/mol. The predicted octanol–water partition coefficient (Wildman–Crippen LogP) is 3.70. The second-order valence-corrected chi connectivity index (χ2v) is 9.20. The molecule has 1 saturated carbocycles. The van der Waals surface area contributed by atoms with Gasteiger partial charge in [-0.3, -0.25) is 0 Å². The van der Waals surface area contributed by atoms with Crippen LogP contribution in [0.5, 0.6) is 0 Å². The quantitative estimate of drug-likeness (QED) is 0.565. The Kier molecular flexibility index (Phi) is 8.34. The van der Waals surface area contributed by atoms with Crippen LogP contribution in [0.1, 0.15) is 68.4 Å².